The molecular weight excluding hydrogens is 358 g/mol. The number of ether oxygens (including phenoxy) is 1. The number of amides is 1. The van der Waals surface area contributed by atoms with Gasteiger partial charge in [-0.1, -0.05) is 30.3 Å². The maximum absolute atomic E-state index is 12.8. The van der Waals surface area contributed by atoms with Gasteiger partial charge in [0.05, 0.1) is 16.2 Å². The minimum Gasteiger partial charge on any atom is -0.455 e. The van der Waals surface area contributed by atoms with Crippen LogP contribution in [0.4, 0.5) is 11.4 Å². The Kier molecular flexibility index (Phi) is 4.47. The maximum atomic E-state index is 12.8. The molecule has 0 spiro atoms. The number of carbonyl (C=O) groups is 1. The lowest BCUT2D eigenvalue weighted by atomic mass is 10.1. The van der Waals surface area contributed by atoms with Gasteiger partial charge in [-0.05, 0) is 30.3 Å². The van der Waals surface area contributed by atoms with E-state index in [1.54, 1.807) is 24.3 Å². The number of nitro benzene ring substituents is 1. The zero-order chi connectivity index (χ0) is 19.5. The molecule has 0 aliphatic heterocycles. The Morgan fingerprint density at radius 1 is 1.00 bits per heavy atom. The molecule has 0 bridgehead atoms. The number of para-hydroxylation sites is 3. The lowest BCUT2D eigenvalue weighted by Gasteiger charge is -2.12. The maximum Gasteiger partial charge on any atom is 0.270 e. The van der Waals surface area contributed by atoms with Crippen molar-refractivity contribution in [3.05, 3.63) is 94.7 Å². The van der Waals surface area contributed by atoms with Gasteiger partial charge in [-0.15, -0.1) is 0 Å². The van der Waals surface area contributed by atoms with Crippen LogP contribution >= 0.6 is 0 Å². The average Bonchev–Trinajstić information content (AvgIpc) is 3.13. The third-order valence-electron chi connectivity index (χ3n) is 4.23. The molecule has 1 heterocycles. The van der Waals surface area contributed by atoms with Crippen molar-refractivity contribution < 1.29 is 14.5 Å². The molecule has 3 aromatic carbocycles. The van der Waals surface area contributed by atoms with Crippen molar-refractivity contribution in [1.82, 2.24) is 4.98 Å². The quantitative estimate of drug-likeness (QED) is 0.375. The van der Waals surface area contributed by atoms with E-state index in [1.807, 2.05) is 36.4 Å². The van der Waals surface area contributed by atoms with Crippen LogP contribution in [0.25, 0.3) is 10.9 Å². The Balaban J connectivity index is 1.63. The van der Waals surface area contributed by atoms with E-state index in [0.29, 0.717) is 33.7 Å². The number of aromatic amines is 1. The van der Waals surface area contributed by atoms with Gasteiger partial charge in [-0.3, -0.25) is 14.9 Å². The summed E-state index contributed by atoms with van der Waals surface area (Å²) in [6.45, 7) is 0. The predicted octanol–water partition coefficient (Wildman–Crippen LogP) is 5.12. The molecule has 2 N–H and O–H groups in total. The lowest BCUT2D eigenvalue weighted by Crippen LogP contribution is -2.12. The number of fused-ring (bicyclic) bond motifs is 1. The Morgan fingerprint density at radius 3 is 2.54 bits per heavy atom. The molecule has 7 heteroatoms. The fraction of sp³-hybridized carbons (Fsp3) is 0. The second kappa shape index (κ2) is 7.24. The summed E-state index contributed by atoms with van der Waals surface area (Å²) in [4.78, 5) is 26.3. The Morgan fingerprint density at radius 2 is 1.75 bits per heavy atom. The van der Waals surface area contributed by atoms with Gasteiger partial charge in [-0.2, -0.15) is 0 Å². The summed E-state index contributed by atoms with van der Waals surface area (Å²) in [5.74, 6) is 0.746. The summed E-state index contributed by atoms with van der Waals surface area (Å²) in [7, 11) is 0. The molecule has 7 nitrogen and oxygen atoms in total. The number of aromatic nitrogens is 1. The highest BCUT2D eigenvalue weighted by Gasteiger charge is 2.17. The SMILES string of the molecule is O=C(Nc1ccccc1Oc1ccccc1)c1c[nH]c2ccc([N+](=O)[O-])cc12. The van der Waals surface area contributed by atoms with E-state index in [9.17, 15) is 14.9 Å². The molecule has 138 valence electrons. The van der Waals surface area contributed by atoms with Crippen molar-refractivity contribution in [1.29, 1.82) is 0 Å². The fourth-order valence-electron chi connectivity index (χ4n) is 2.87. The van der Waals surface area contributed by atoms with Crippen LogP contribution in [-0.2, 0) is 0 Å². The highest BCUT2D eigenvalue weighted by Crippen LogP contribution is 2.30. The average molecular weight is 373 g/mol. The highest BCUT2D eigenvalue weighted by atomic mass is 16.6. The van der Waals surface area contributed by atoms with Gasteiger partial charge in [0.2, 0.25) is 0 Å². The number of hydrogen-bond acceptors (Lipinski definition) is 4. The van der Waals surface area contributed by atoms with E-state index < -0.39 is 10.8 Å². The molecular formula is C21H15N3O4. The van der Waals surface area contributed by atoms with Crippen molar-refractivity contribution in [3.63, 3.8) is 0 Å². The van der Waals surface area contributed by atoms with E-state index in [1.165, 1.54) is 18.3 Å². The number of H-pyrrole nitrogens is 1. The second-order valence-electron chi connectivity index (χ2n) is 6.05. The minimum absolute atomic E-state index is 0.0750. The van der Waals surface area contributed by atoms with E-state index in [0.717, 1.165) is 0 Å². The number of non-ortho nitro benzene ring substituents is 1. The predicted molar refractivity (Wildman–Crippen MR) is 106 cm³/mol. The van der Waals surface area contributed by atoms with E-state index in [2.05, 4.69) is 10.3 Å². The number of nitro groups is 1. The molecule has 0 aliphatic rings. The minimum atomic E-state index is -0.489. The topological polar surface area (TPSA) is 97.3 Å². The number of hydrogen-bond donors (Lipinski definition) is 2. The van der Waals surface area contributed by atoms with Crippen LogP contribution in [-0.4, -0.2) is 15.8 Å². The lowest BCUT2D eigenvalue weighted by molar-refractivity contribution is -0.384. The van der Waals surface area contributed by atoms with Crippen molar-refractivity contribution in [2.75, 3.05) is 5.32 Å². The number of rotatable bonds is 5. The molecule has 4 rings (SSSR count). The first-order valence-electron chi connectivity index (χ1n) is 8.50. The monoisotopic (exact) mass is 373 g/mol. The van der Waals surface area contributed by atoms with Gasteiger partial charge in [0.15, 0.2) is 5.75 Å². The Bertz CT molecular complexity index is 1170. The van der Waals surface area contributed by atoms with Gasteiger partial charge in [-0.25, -0.2) is 0 Å². The molecule has 0 saturated carbocycles. The summed E-state index contributed by atoms with van der Waals surface area (Å²) in [5, 5.41) is 14.3. The molecule has 0 radical (unpaired) electrons. The van der Waals surface area contributed by atoms with Crippen LogP contribution in [0.5, 0.6) is 11.5 Å². The summed E-state index contributed by atoms with van der Waals surface area (Å²) in [6.07, 6.45) is 1.53. The van der Waals surface area contributed by atoms with Crippen molar-refractivity contribution in [2.24, 2.45) is 0 Å². The van der Waals surface area contributed by atoms with Gasteiger partial charge in [0.1, 0.15) is 5.75 Å². The first-order chi connectivity index (χ1) is 13.6. The van der Waals surface area contributed by atoms with Crippen molar-refractivity contribution >= 4 is 28.2 Å². The van der Waals surface area contributed by atoms with Crippen LogP contribution in [0.15, 0.2) is 79.0 Å². The van der Waals surface area contributed by atoms with Crippen LogP contribution < -0.4 is 10.1 Å². The van der Waals surface area contributed by atoms with Crippen molar-refractivity contribution in [3.8, 4) is 11.5 Å². The van der Waals surface area contributed by atoms with E-state index in [-0.39, 0.29) is 5.69 Å². The second-order valence-corrected chi connectivity index (χ2v) is 6.05. The Labute approximate surface area is 159 Å². The molecule has 0 atom stereocenters. The standard InChI is InChI=1S/C21H15N3O4/c25-21(17-13-22-18-11-10-14(24(26)27)12-16(17)18)23-19-8-4-5-9-20(19)28-15-6-2-1-3-7-15/h1-13,22H,(H,23,25). The molecule has 4 aromatic rings. The third kappa shape index (κ3) is 3.41. The summed E-state index contributed by atoms with van der Waals surface area (Å²) >= 11 is 0. The number of nitrogens with zero attached hydrogens (tertiary/aromatic N) is 1. The highest BCUT2D eigenvalue weighted by molar-refractivity contribution is 6.13. The van der Waals surface area contributed by atoms with E-state index in [4.69, 9.17) is 4.74 Å². The summed E-state index contributed by atoms with van der Waals surface area (Å²) in [5.41, 5.74) is 1.38. The van der Waals surface area contributed by atoms with Crippen LogP contribution in [0.2, 0.25) is 0 Å². The van der Waals surface area contributed by atoms with Crippen LogP contribution in [0.1, 0.15) is 10.4 Å². The molecule has 0 unspecified atom stereocenters. The molecule has 0 saturated heterocycles. The van der Waals surface area contributed by atoms with Crippen LogP contribution in [0.3, 0.4) is 0 Å². The molecule has 0 fully saturated rings. The number of benzene rings is 3. The summed E-state index contributed by atoms with van der Waals surface area (Å²) < 4.78 is 5.85. The smallest absolute Gasteiger partial charge is 0.270 e. The normalized spacial score (nSPS) is 10.6. The third-order valence-corrected chi connectivity index (χ3v) is 4.23. The van der Waals surface area contributed by atoms with Gasteiger partial charge >= 0.3 is 0 Å². The van der Waals surface area contributed by atoms with Crippen LogP contribution in [0, 0.1) is 10.1 Å². The summed E-state index contributed by atoms with van der Waals surface area (Å²) in [6, 6.07) is 20.7. The van der Waals surface area contributed by atoms with E-state index >= 15 is 0 Å². The number of nitrogens with one attached hydrogen (secondary N) is 2. The number of carbonyl (C=O) groups excluding carboxylic acids is 1. The molecule has 1 amide bonds. The largest absolute Gasteiger partial charge is 0.455 e. The van der Waals surface area contributed by atoms with Gasteiger partial charge < -0.3 is 15.0 Å². The Hall–Kier alpha value is -4.13. The van der Waals surface area contributed by atoms with Gasteiger partial charge in [0, 0.05) is 29.2 Å². The fourth-order valence-corrected chi connectivity index (χ4v) is 2.87. The zero-order valence-corrected chi connectivity index (χ0v) is 14.6. The van der Waals surface area contributed by atoms with Crippen molar-refractivity contribution in [2.45, 2.75) is 0 Å². The molecule has 28 heavy (non-hydrogen) atoms. The first kappa shape index (κ1) is 17.3. The number of anilines is 1. The molecule has 0 aliphatic carbocycles. The molecule has 1 aromatic heterocycles. The zero-order valence-electron chi connectivity index (χ0n) is 14.6. The van der Waals surface area contributed by atoms with Gasteiger partial charge in [0.25, 0.3) is 11.6 Å². The first-order valence-corrected chi connectivity index (χ1v) is 8.50.